The Labute approximate surface area is 208 Å². The third-order valence-corrected chi connectivity index (χ3v) is 5.57. The van der Waals surface area contributed by atoms with Crippen LogP contribution in [0.2, 0.25) is 0 Å². The molecule has 15 heteroatoms. The van der Waals surface area contributed by atoms with Gasteiger partial charge in [0, 0.05) is 31.7 Å². The molecule has 0 aliphatic rings. The van der Waals surface area contributed by atoms with E-state index in [2.05, 4.69) is 20.4 Å². The average molecular weight is 542 g/mol. The van der Waals surface area contributed by atoms with Crippen molar-refractivity contribution in [3.05, 3.63) is 80.6 Å². The molecule has 0 saturated carbocycles. The number of unbranched alkanes of at least 4 members (excludes halogenated alkanes) is 1. The van der Waals surface area contributed by atoms with Gasteiger partial charge in [-0.15, -0.1) is 0 Å². The summed E-state index contributed by atoms with van der Waals surface area (Å²) in [6.07, 6.45) is -5.46. The molecule has 0 aliphatic carbocycles. The highest BCUT2D eigenvalue weighted by molar-refractivity contribution is 5.85. The number of nitrogens with zero attached hydrogens (tertiary/aromatic N) is 4. The van der Waals surface area contributed by atoms with Crippen LogP contribution >= 0.6 is 0 Å². The molecule has 0 unspecified atom stereocenters. The first-order valence-electron chi connectivity index (χ1n) is 11.0. The fourth-order valence-corrected chi connectivity index (χ4v) is 3.71. The van der Waals surface area contributed by atoms with Crippen molar-refractivity contribution in [2.75, 3.05) is 11.9 Å². The molecular weight excluding hydrogens is 525 g/mol. The molecule has 3 heterocycles. The lowest BCUT2D eigenvalue weighted by Crippen LogP contribution is -2.25. The molecule has 0 bridgehead atoms. The van der Waals surface area contributed by atoms with Crippen LogP contribution in [0.25, 0.3) is 22.2 Å². The summed E-state index contributed by atoms with van der Waals surface area (Å²) in [4.78, 5) is 31.5. The van der Waals surface area contributed by atoms with Crippen molar-refractivity contribution in [3.63, 3.8) is 0 Å². The largest absolute Gasteiger partial charge is 0.423 e. The summed E-state index contributed by atoms with van der Waals surface area (Å²) in [6.45, 7) is 0.225. The normalized spacial score (nSPS) is 12.2. The van der Waals surface area contributed by atoms with Gasteiger partial charge in [0.2, 0.25) is 0 Å². The van der Waals surface area contributed by atoms with E-state index in [0.717, 1.165) is 12.3 Å². The molecule has 200 valence electrons. The SMILES string of the molecule is O=c1[nH]ncc(NCCCCn2ccc3cc(-c4ncc(C(F)(F)F)cn4)c(F)cc3c2=O)c1C(F)(F)F. The van der Waals surface area contributed by atoms with Crippen LogP contribution < -0.4 is 16.4 Å². The predicted molar refractivity (Wildman–Crippen MR) is 122 cm³/mol. The van der Waals surface area contributed by atoms with Gasteiger partial charge in [0.1, 0.15) is 11.4 Å². The molecule has 4 rings (SSSR count). The number of aryl methyl sites for hydroxylation is 1. The lowest BCUT2D eigenvalue weighted by Gasteiger charge is -2.13. The molecule has 38 heavy (non-hydrogen) atoms. The number of H-pyrrole nitrogens is 1. The van der Waals surface area contributed by atoms with Gasteiger partial charge < -0.3 is 9.88 Å². The maximum absolute atomic E-state index is 14.7. The number of nitrogens with one attached hydrogen (secondary N) is 2. The Balaban J connectivity index is 1.44. The zero-order chi connectivity index (χ0) is 27.7. The fraction of sp³-hybridized carbons (Fsp3) is 0.261. The Morgan fingerprint density at radius 1 is 0.947 bits per heavy atom. The van der Waals surface area contributed by atoms with Crippen molar-refractivity contribution in [1.29, 1.82) is 0 Å². The molecule has 0 fully saturated rings. The second-order valence-electron chi connectivity index (χ2n) is 8.15. The number of fused-ring (bicyclic) bond motifs is 1. The summed E-state index contributed by atoms with van der Waals surface area (Å²) in [7, 11) is 0. The fourth-order valence-electron chi connectivity index (χ4n) is 3.71. The van der Waals surface area contributed by atoms with Crippen LogP contribution in [-0.2, 0) is 18.9 Å². The van der Waals surface area contributed by atoms with Crippen molar-refractivity contribution in [1.82, 2.24) is 24.7 Å². The molecular formula is C23H17F7N6O2. The highest BCUT2D eigenvalue weighted by Crippen LogP contribution is 2.32. The van der Waals surface area contributed by atoms with E-state index in [-0.39, 0.29) is 29.9 Å². The van der Waals surface area contributed by atoms with Gasteiger partial charge in [-0.2, -0.15) is 31.4 Å². The number of hydrogen-bond acceptors (Lipinski definition) is 6. The number of rotatable bonds is 7. The highest BCUT2D eigenvalue weighted by Gasteiger charge is 2.37. The number of alkyl halides is 6. The quantitative estimate of drug-likeness (QED) is 0.261. The Hall–Kier alpha value is -4.30. The molecule has 0 aliphatic heterocycles. The van der Waals surface area contributed by atoms with Crippen LogP contribution in [0.4, 0.5) is 36.4 Å². The zero-order valence-electron chi connectivity index (χ0n) is 19.1. The molecule has 0 radical (unpaired) electrons. The van der Waals surface area contributed by atoms with Crippen LogP contribution in [0, 0.1) is 5.82 Å². The van der Waals surface area contributed by atoms with Gasteiger partial charge in [-0.25, -0.2) is 19.5 Å². The summed E-state index contributed by atoms with van der Waals surface area (Å²) in [5.74, 6) is -1.18. The first-order valence-corrected chi connectivity index (χ1v) is 11.0. The molecule has 8 nitrogen and oxygen atoms in total. The number of aromatic amines is 1. The van der Waals surface area contributed by atoms with Crippen molar-refractivity contribution in [2.45, 2.75) is 31.7 Å². The lowest BCUT2D eigenvalue weighted by atomic mass is 10.1. The second kappa shape index (κ2) is 10.2. The van der Waals surface area contributed by atoms with Gasteiger partial charge in [0.15, 0.2) is 5.82 Å². The maximum atomic E-state index is 14.7. The number of pyridine rings is 1. The standard InChI is InChI=1S/C23H17F7N6O2/c24-16-8-14-12(7-15(16)19-32-9-13(10-33-19)22(25,26)27)3-6-36(21(14)38)5-2-1-4-31-17-11-34-35-20(37)18(17)23(28,29)30/h3,6-11H,1-2,4-5H2,(H2,31,35,37). The highest BCUT2D eigenvalue weighted by atomic mass is 19.4. The third kappa shape index (κ3) is 5.65. The minimum atomic E-state index is -4.87. The van der Waals surface area contributed by atoms with Crippen molar-refractivity contribution in [3.8, 4) is 11.4 Å². The van der Waals surface area contributed by atoms with E-state index in [1.54, 1.807) is 5.10 Å². The van der Waals surface area contributed by atoms with Crippen molar-refractivity contribution in [2.24, 2.45) is 0 Å². The van der Waals surface area contributed by atoms with E-state index in [1.165, 1.54) is 22.9 Å². The molecule has 2 N–H and O–H groups in total. The summed E-state index contributed by atoms with van der Waals surface area (Å²) >= 11 is 0. The minimum Gasteiger partial charge on any atom is -0.383 e. The van der Waals surface area contributed by atoms with Crippen LogP contribution in [0.5, 0.6) is 0 Å². The van der Waals surface area contributed by atoms with Crippen molar-refractivity contribution < 1.29 is 30.7 Å². The lowest BCUT2D eigenvalue weighted by molar-refractivity contribution is -0.139. The van der Waals surface area contributed by atoms with Gasteiger partial charge in [-0.1, -0.05) is 0 Å². The molecule has 0 amide bonds. The predicted octanol–water partition coefficient (Wildman–Crippen LogP) is 4.61. The monoisotopic (exact) mass is 542 g/mol. The number of anilines is 1. The van der Waals surface area contributed by atoms with Crippen molar-refractivity contribution >= 4 is 16.5 Å². The Morgan fingerprint density at radius 2 is 1.66 bits per heavy atom. The van der Waals surface area contributed by atoms with Crippen LogP contribution in [-0.4, -0.2) is 31.3 Å². The number of benzene rings is 1. The summed E-state index contributed by atoms with van der Waals surface area (Å²) in [5, 5.41) is 7.95. The topological polar surface area (TPSA) is 106 Å². The third-order valence-electron chi connectivity index (χ3n) is 5.57. The average Bonchev–Trinajstić information content (AvgIpc) is 2.84. The molecule has 0 spiro atoms. The van der Waals surface area contributed by atoms with Gasteiger partial charge >= 0.3 is 12.4 Å². The van der Waals surface area contributed by atoms with E-state index in [1.807, 2.05) is 0 Å². The molecule has 0 atom stereocenters. The molecule has 3 aromatic heterocycles. The summed E-state index contributed by atoms with van der Waals surface area (Å²) in [6, 6.07) is 3.72. The van der Waals surface area contributed by atoms with E-state index >= 15 is 0 Å². The first-order chi connectivity index (χ1) is 17.9. The molecule has 0 saturated heterocycles. The van der Waals surface area contributed by atoms with Crippen LogP contribution in [0.15, 0.2) is 52.6 Å². The second-order valence-corrected chi connectivity index (χ2v) is 8.15. The number of aromatic nitrogens is 5. The van der Waals surface area contributed by atoms with Gasteiger partial charge in [-0.3, -0.25) is 9.59 Å². The number of halogens is 7. The van der Waals surface area contributed by atoms with Gasteiger partial charge in [0.25, 0.3) is 11.1 Å². The molecule has 4 aromatic rings. The first kappa shape index (κ1) is 26.8. The summed E-state index contributed by atoms with van der Waals surface area (Å²) < 4.78 is 93.5. The molecule has 1 aromatic carbocycles. The van der Waals surface area contributed by atoms with E-state index in [4.69, 9.17) is 0 Å². The maximum Gasteiger partial charge on any atom is 0.423 e. The summed E-state index contributed by atoms with van der Waals surface area (Å²) in [5.41, 5.74) is -5.02. The number of hydrogen-bond donors (Lipinski definition) is 2. The van der Waals surface area contributed by atoms with Crippen LogP contribution in [0.1, 0.15) is 24.0 Å². The van der Waals surface area contributed by atoms with Gasteiger partial charge in [-0.05, 0) is 36.4 Å². The smallest absolute Gasteiger partial charge is 0.383 e. The Kier molecular flexibility index (Phi) is 7.20. The Morgan fingerprint density at radius 3 is 2.32 bits per heavy atom. The van der Waals surface area contributed by atoms with E-state index in [0.29, 0.717) is 30.6 Å². The van der Waals surface area contributed by atoms with E-state index in [9.17, 15) is 40.3 Å². The van der Waals surface area contributed by atoms with Gasteiger partial charge in [0.05, 0.1) is 28.4 Å². The minimum absolute atomic E-state index is 0.0168. The Bertz CT molecular complexity index is 1580. The van der Waals surface area contributed by atoms with E-state index < -0.39 is 46.1 Å². The zero-order valence-corrected chi connectivity index (χ0v) is 19.1. The van der Waals surface area contributed by atoms with Crippen LogP contribution in [0.3, 0.4) is 0 Å².